The molecule has 0 aliphatic heterocycles. The maximum absolute atomic E-state index is 10.7. The van der Waals surface area contributed by atoms with Gasteiger partial charge in [0.05, 0.1) is 0 Å². The van der Waals surface area contributed by atoms with Crippen LogP contribution in [0.25, 0.3) is 0 Å². The maximum atomic E-state index is 10.7. The van der Waals surface area contributed by atoms with Crippen LogP contribution in [0.5, 0.6) is 0 Å². The quantitative estimate of drug-likeness (QED) is 0.165. The van der Waals surface area contributed by atoms with Crippen LogP contribution < -0.4 is 0 Å². The molecule has 5 aromatic carbocycles. The molecule has 5 rings (SSSR count). The van der Waals surface area contributed by atoms with Crippen molar-refractivity contribution >= 4 is 23.1 Å². The summed E-state index contributed by atoms with van der Waals surface area (Å²) in [4.78, 5) is 41.6. The van der Waals surface area contributed by atoms with E-state index in [1.54, 1.807) is 26.8 Å². The summed E-state index contributed by atoms with van der Waals surface area (Å²) in [5, 5.41) is 0. The Balaban J connectivity index is -0.000000327. The molecule has 0 atom stereocenters. The fourth-order valence-electron chi connectivity index (χ4n) is 4.31. The fourth-order valence-corrected chi connectivity index (χ4v) is 4.31. The molecule has 0 radical (unpaired) electrons. The summed E-state index contributed by atoms with van der Waals surface area (Å²) in [5.41, 5.74) is 16.1. The van der Waals surface area contributed by atoms with E-state index in [2.05, 4.69) is 191 Å². The van der Waals surface area contributed by atoms with Gasteiger partial charge in [-0.3, -0.25) is 14.4 Å². The van der Waals surface area contributed by atoms with Gasteiger partial charge in [-0.25, -0.2) is 0 Å². The van der Waals surface area contributed by atoms with Crippen molar-refractivity contribution < 1.29 is 19.2 Å². The molecule has 0 aliphatic rings. The number of benzene rings is 5. The van der Waals surface area contributed by atoms with Gasteiger partial charge >= 0.3 is 0 Å². The molecule has 356 valence electrons. The highest BCUT2D eigenvalue weighted by atomic mass is 16.1. The second-order valence-electron chi connectivity index (χ2n) is 16.0. The summed E-state index contributed by atoms with van der Waals surface area (Å²) in [7, 11) is 0. The van der Waals surface area contributed by atoms with Gasteiger partial charge in [-0.1, -0.05) is 176 Å². The third-order valence-electron chi connectivity index (χ3n) is 9.73. The topological polar surface area (TPSA) is 68.3 Å². The molecule has 0 saturated carbocycles. The second kappa shape index (κ2) is 41.0. The monoisotopic (exact) mass is 885 g/mol. The lowest BCUT2D eigenvalue weighted by Crippen LogP contribution is -2.01. The predicted octanol–water partition coefficient (Wildman–Crippen LogP) is 17.0. The zero-order chi connectivity index (χ0) is 51.1. The van der Waals surface area contributed by atoms with Crippen LogP contribution in [0.4, 0.5) is 0 Å². The van der Waals surface area contributed by atoms with Gasteiger partial charge in [0.2, 0.25) is 0 Å². The van der Waals surface area contributed by atoms with Gasteiger partial charge in [0.15, 0.2) is 11.6 Å². The summed E-state index contributed by atoms with van der Waals surface area (Å²) < 4.78 is 0. The minimum atomic E-state index is -0.0160. The Bertz CT molecular complexity index is 1850. The molecule has 0 spiro atoms. The van der Waals surface area contributed by atoms with E-state index in [-0.39, 0.29) is 29.6 Å². The van der Waals surface area contributed by atoms with E-state index in [1.807, 2.05) is 41.5 Å². The molecule has 5 aromatic rings. The zero-order valence-corrected chi connectivity index (χ0v) is 44.7. The van der Waals surface area contributed by atoms with Crippen molar-refractivity contribution in [3.63, 3.8) is 0 Å². The highest BCUT2D eigenvalue weighted by molar-refractivity contribution is 5.98. The molecule has 0 amide bonds. The molecule has 0 bridgehead atoms. The van der Waals surface area contributed by atoms with Crippen molar-refractivity contribution in [1.29, 1.82) is 0 Å². The fraction of sp³-hybridized carbons (Fsp3) is 0.377. The van der Waals surface area contributed by atoms with Crippen molar-refractivity contribution in [2.45, 2.75) is 158 Å². The summed E-state index contributed by atoms with van der Waals surface area (Å²) >= 11 is 0. The van der Waals surface area contributed by atoms with E-state index in [9.17, 15) is 19.2 Å². The first kappa shape index (κ1) is 65.9. The first-order valence-corrected chi connectivity index (χ1v) is 22.8. The number of rotatable bonds is 5. The van der Waals surface area contributed by atoms with Crippen LogP contribution in [0, 0.1) is 69.2 Å². The number of hydrogen-bond donors (Lipinski definition) is 0. The van der Waals surface area contributed by atoms with Crippen LogP contribution in [0.15, 0.2) is 144 Å². The molecular weight excluding hydrogens is 797 g/mol. The SMILES string of the molecule is C/C=C(/CC(C)=O)C(C)=O.CC.CC(=O)C(C)=C(C)C.CCC(C)=O.Cc1ccc(C)cc1.Cc1ccc(C)cc1.Cc1ccccc1C.Cc1ccccc1C.Cc1ccccc1C. The van der Waals surface area contributed by atoms with Crippen molar-refractivity contribution in [2.75, 3.05) is 0 Å². The van der Waals surface area contributed by atoms with E-state index < -0.39 is 0 Å². The minimum absolute atomic E-state index is 0.0160. The Labute approximate surface area is 398 Å². The minimum Gasteiger partial charge on any atom is -0.300 e. The Morgan fingerprint density at radius 1 is 0.385 bits per heavy atom. The number of aryl methyl sites for hydroxylation is 10. The van der Waals surface area contributed by atoms with Gasteiger partial charge in [-0.15, -0.1) is 0 Å². The average molecular weight is 885 g/mol. The van der Waals surface area contributed by atoms with Crippen molar-refractivity contribution in [2.24, 2.45) is 0 Å². The number of ketones is 4. The van der Waals surface area contributed by atoms with E-state index in [4.69, 9.17) is 0 Å². The van der Waals surface area contributed by atoms with Gasteiger partial charge in [0.1, 0.15) is 11.6 Å². The molecule has 4 heteroatoms. The van der Waals surface area contributed by atoms with E-state index >= 15 is 0 Å². The van der Waals surface area contributed by atoms with E-state index in [0.29, 0.717) is 12.0 Å². The molecule has 0 unspecified atom stereocenters. The normalized spacial score (nSPS) is 9.15. The van der Waals surface area contributed by atoms with Gasteiger partial charge in [-0.05, 0) is 169 Å². The Hall–Kier alpha value is -5.74. The first-order valence-electron chi connectivity index (χ1n) is 22.8. The smallest absolute Gasteiger partial charge is 0.155 e. The average Bonchev–Trinajstić information content (AvgIpc) is 3.27. The number of allylic oxidation sites excluding steroid dienone is 4. The summed E-state index contributed by atoms with van der Waals surface area (Å²) in [6, 6.07) is 42.0. The predicted molar refractivity (Wildman–Crippen MR) is 286 cm³/mol. The van der Waals surface area contributed by atoms with E-state index in [1.165, 1.54) is 69.5 Å². The molecule has 0 aromatic heterocycles. The number of Topliss-reactive ketones (excluding diaryl/α,β-unsaturated/α-hetero) is 4. The standard InChI is InChI=1S/C8H12O2.5C8H10.C7H12O.C4H8O.C2H6/c1-4-8(7(3)10)5-6(2)9;2*1-7-3-5-8(2)6-4-7;3*1-7-5-3-4-6-8(7)2;1-5(2)6(3)7(4)8;1-3-4(2)5;1-2/h4H,5H2,1-3H3;5*3-6H,1-2H3;1-4H3;3H2,1-2H3;1-2H3/b8-4-;;;;;;;;. The van der Waals surface area contributed by atoms with Crippen LogP contribution >= 0.6 is 0 Å². The highest BCUT2D eigenvalue weighted by Crippen LogP contribution is 2.06. The van der Waals surface area contributed by atoms with Gasteiger partial charge in [-0.2, -0.15) is 0 Å². The van der Waals surface area contributed by atoms with Crippen molar-refractivity contribution in [1.82, 2.24) is 0 Å². The number of hydrogen-bond acceptors (Lipinski definition) is 4. The third kappa shape index (κ3) is 40.8. The molecule has 4 nitrogen and oxygen atoms in total. The van der Waals surface area contributed by atoms with Crippen LogP contribution in [0.1, 0.15) is 145 Å². The Morgan fingerprint density at radius 3 is 0.677 bits per heavy atom. The summed E-state index contributed by atoms with van der Waals surface area (Å²) in [5.74, 6) is 0.441. The largest absolute Gasteiger partial charge is 0.300 e. The Kier molecular flexibility index (Phi) is 41.5. The molecule has 0 aliphatic carbocycles. The summed E-state index contributed by atoms with van der Waals surface area (Å²) in [6.45, 7) is 40.6. The lowest BCUT2D eigenvalue weighted by molar-refractivity contribution is -0.119. The second-order valence-corrected chi connectivity index (χ2v) is 16.0. The first-order chi connectivity index (χ1) is 30.4. The van der Waals surface area contributed by atoms with Gasteiger partial charge in [0, 0.05) is 12.8 Å². The zero-order valence-electron chi connectivity index (χ0n) is 44.7. The van der Waals surface area contributed by atoms with Crippen molar-refractivity contribution in [3.05, 3.63) is 200 Å². The third-order valence-corrected chi connectivity index (χ3v) is 9.73. The van der Waals surface area contributed by atoms with Crippen molar-refractivity contribution in [3.8, 4) is 0 Å². The van der Waals surface area contributed by atoms with Gasteiger partial charge < -0.3 is 4.79 Å². The van der Waals surface area contributed by atoms with Crippen LogP contribution in [0.2, 0.25) is 0 Å². The molecule has 0 heterocycles. The molecule has 0 N–H and O–H groups in total. The van der Waals surface area contributed by atoms with Crippen LogP contribution in [-0.4, -0.2) is 23.1 Å². The van der Waals surface area contributed by atoms with Crippen LogP contribution in [0.3, 0.4) is 0 Å². The molecule has 0 fully saturated rings. The Morgan fingerprint density at radius 2 is 0.600 bits per heavy atom. The lowest BCUT2D eigenvalue weighted by Gasteiger charge is -1.96. The van der Waals surface area contributed by atoms with Crippen LogP contribution in [-0.2, 0) is 19.2 Å². The highest BCUT2D eigenvalue weighted by Gasteiger charge is 2.04. The lowest BCUT2D eigenvalue weighted by atomic mass is 10.1. The number of carbonyl (C=O) groups is 4. The molecule has 0 saturated heterocycles. The van der Waals surface area contributed by atoms with Gasteiger partial charge in [0.25, 0.3) is 0 Å². The maximum Gasteiger partial charge on any atom is 0.155 e. The molecule has 65 heavy (non-hydrogen) atoms. The van der Waals surface area contributed by atoms with E-state index in [0.717, 1.165) is 11.1 Å². The summed E-state index contributed by atoms with van der Waals surface area (Å²) in [6.07, 6.45) is 2.62. The molecular formula is C61H88O4. The number of carbonyl (C=O) groups excluding carboxylic acids is 4.